The van der Waals surface area contributed by atoms with Gasteiger partial charge in [-0.15, -0.1) is 0 Å². The van der Waals surface area contributed by atoms with Crippen LogP contribution in [-0.4, -0.2) is 10.8 Å². The summed E-state index contributed by atoms with van der Waals surface area (Å²) in [5.74, 6) is -1.37. The van der Waals surface area contributed by atoms with E-state index in [1.54, 1.807) is 0 Å². The molecule has 5 nitrogen and oxygen atoms in total. The molecule has 0 bridgehead atoms. The monoisotopic (exact) mass is 288 g/mol. The van der Waals surface area contributed by atoms with Crippen LogP contribution in [0.4, 0.5) is 10.1 Å². The van der Waals surface area contributed by atoms with Crippen LogP contribution in [0, 0.1) is 22.9 Å². The lowest BCUT2D eigenvalue weighted by atomic mass is 10.1. The van der Waals surface area contributed by atoms with Gasteiger partial charge in [0.25, 0.3) is 11.6 Å². The van der Waals surface area contributed by atoms with Crippen LogP contribution in [0.15, 0.2) is 42.5 Å². The Kier molecular flexibility index (Phi) is 4.27. The zero-order chi connectivity index (χ0) is 15.4. The molecule has 0 aliphatic heterocycles. The molecule has 0 atom stereocenters. The number of nitro benzene ring substituents is 1. The van der Waals surface area contributed by atoms with Gasteiger partial charge in [0.05, 0.1) is 4.92 Å². The number of nitrogens with zero attached hydrogens (tertiary/aromatic N) is 1. The highest BCUT2D eigenvalue weighted by atomic mass is 19.1. The van der Waals surface area contributed by atoms with Crippen molar-refractivity contribution in [3.63, 3.8) is 0 Å². The number of aryl methyl sites for hydroxylation is 1. The van der Waals surface area contributed by atoms with E-state index in [0.29, 0.717) is 0 Å². The summed E-state index contributed by atoms with van der Waals surface area (Å²) in [6.07, 6.45) is 0. The Morgan fingerprint density at radius 1 is 1.24 bits per heavy atom. The summed E-state index contributed by atoms with van der Waals surface area (Å²) in [4.78, 5) is 22.1. The second kappa shape index (κ2) is 6.13. The molecular weight excluding hydrogens is 275 g/mol. The van der Waals surface area contributed by atoms with E-state index < -0.39 is 22.3 Å². The predicted octanol–water partition coefficient (Wildman–Crippen LogP) is 2.97. The Labute approximate surface area is 120 Å². The summed E-state index contributed by atoms with van der Waals surface area (Å²) in [6, 6.07) is 10.3. The van der Waals surface area contributed by atoms with Crippen molar-refractivity contribution < 1.29 is 14.1 Å². The normalized spacial score (nSPS) is 10.2. The molecule has 2 rings (SSSR count). The minimum Gasteiger partial charge on any atom is -0.348 e. The number of hydrogen-bond donors (Lipinski definition) is 1. The van der Waals surface area contributed by atoms with Gasteiger partial charge in [-0.1, -0.05) is 29.8 Å². The van der Waals surface area contributed by atoms with Crippen molar-refractivity contribution in [2.45, 2.75) is 13.5 Å². The van der Waals surface area contributed by atoms with Crippen LogP contribution in [0.2, 0.25) is 0 Å². The fraction of sp³-hybridized carbons (Fsp3) is 0.133. The molecular formula is C15H13FN2O3. The quantitative estimate of drug-likeness (QED) is 0.694. The number of carbonyl (C=O) groups excluding carboxylic acids is 1. The van der Waals surface area contributed by atoms with Crippen LogP contribution in [0.5, 0.6) is 0 Å². The zero-order valence-electron chi connectivity index (χ0n) is 11.3. The molecule has 0 unspecified atom stereocenters. The second-order valence-corrected chi connectivity index (χ2v) is 4.59. The molecule has 108 valence electrons. The molecule has 1 N–H and O–H groups in total. The summed E-state index contributed by atoms with van der Waals surface area (Å²) in [6.45, 7) is 2.16. The van der Waals surface area contributed by atoms with E-state index in [1.165, 1.54) is 0 Å². The minimum absolute atomic E-state index is 0.215. The van der Waals surface area contributed by atoms with E-state index in [2.05, 4.69) is 5.32 Å². The molecule has 2 aromatic carbocycles. The molecule has 0 aromatic heterocycles. The number of amides is 1. The van der Waals surface area contributed by atoms with E-state index in [9.17, 15) is 19.3 Å². The Bertz CT molecular complexity index is 684. The predicted molar refractivity (Wildman–Crippen MR) is 75.4 cm³/mol. The first kappa shape index (κ1) is 14.6. The van der Waals surface area contributed by atoms with Gasteiger partial charge < -0.3 is 5.32 Å². The number of rotatable bonds is 4. The smallest absolute Gasteiger partial charge is 0.282 e. The Balaban J connectivity index is 2.15. The van der Waals surface area contributed by atoms with Gasteiger partial charge in [0.1, 0.15) is 11.4 Å². The number of halogens is 1. The van der Waals surface area contributed by atoms with Gasteiger partial charge in [-0.05, 0) is 24.6 Å². The fourth-order valence-corrected chi connectivity index (χ4v) is 1.83. The Morgan fingerprint density at radius 2 is 1.90 bits per heavy atom. The van der Waals surface area contributed by atoms with Crippen molar-refractivity contribution in [3.05, 3.63) is 75.1 Å². The van der Waals surface area contributed by atoms with Gasteiger partial charge in [0, 0.05) is 12.6 Å². The Morgan fingerprint density at radius 3 is 2.52 bits per heavy atom. The average molecular weight is 288 g/mol. The van der Waals surface area contributed by atoms with Crippen LogP contribution in [-0.2, 0) is 6.54 Å². The van der Waals surface area contributed by atoms with Crippen molar-refractivity contribution in [1.82, 2.24) is 5.32 Å². The maximum atomic E-state index is 13.2. The highest BCUT2D eigenvalue weighted by Gasteiger charge is 2.20. The van der Waals surface area contributed by atoms with Gasteiger partial charge >= 0.3 is 0 Å². The third kappa shape index (κ3) is 3.62. The third-order valence-electron chi connectivity index (χ3n) is 2.97. The number of hydrogen-bond acceptors (Lipinski definition) is 3. The maximum absolute atomic E-state index is 13.2. The molecule has 1 amide bonds. The molecule has 0 saturated heterocycles. The molecule has 0 aliphatic rings. The summed E-state index contributed by atoms with van der Waals surface area (Å²) in [5.41, 5.74) is 1.24. The summed E-state index contributed by atoms with van der Waals surface area (Å²) in [7, 11) is 0. The van der Waals surface area contributed by atoms with Crippen LogP contribution in [0.3, 0.4) is 0 Å². The first-order chi connectivity index (χ1) is 9.97. The molecule has 0 radical (unpaired) electrons. The summed E-state index contributed by atoms with van der Waals surface area (Å²) >= 11 is 0. The lowest BCUT2D eigenvalue weighted by Crippen LogP contribution is -2.23. The van der Waals surface area contributed by atoms with Gasteiger partial charge in [-0.2, -0.15) is 0 Å². The van der Waals surface area contributed by atoms with Crippen molar-refractivity contribution in [2.24, 2.45) is 0 Å². The van der Waals surface area contributed by atoms with Crippen LogP contribution < -0.4 is 5.32 Å². The molecule has 6 heteroatoms. The molecule has 0 fully saturated rings. The molecule has 0 spiro atoms. The summed E-state index contributed by atoms with van der Waals surface area (Å²) < 4.78 is 13.2. The SMILES string of the molecule is Cc1ccc(CNC(=O)c2cc(F)ccc2[N+](=O)[O-])cc1. The minimum atomic E-state index is -0.708. The lowest BCUT2D eigenvalue weighted by molar-refractivity contribution is -0.385. The number of benzene rings is 2. The van der Waals surface area contributed by atoms with Crippen molar-refractivity contribution in [3.8, 4) is 0 Å². The van der Waals surface area contributed by atoms with E-state index in [4.69, 9.17) is 0 Å². The molecule has 0 heterocycles. The molecule has 2 aromatic rings. The van der Waals surface area contributed by atoms with E-state index in [0.717, 1.165) is 29.3 Å². The second-order valence-electron chi connectivity index (χ2n) is 4.59. The highest BCUT2D eigenvalue weighted by Crippen LogP contribution is 2.19. The van der Waals surface area contributed by atoms with Gasteiger partial charge in [-0.3, -0.25) is 14.9 Å². The Hall–Kier alpha value is -2.76. The van der Waals surface area contributed by atoms with Gasteiger partial charge in [0.2, 0.25) is 0 Å². The molecule has 0 aliphatic carbocycles. The van der Waals surface area contributed by atoms with Gasteiger partial charge in [-0.25, -0.2) is 4.39 Å². The van der Waals surface area contributed by atoms with Crippen molar-refractivity contribution in [2.75, 3.05) is 0 Å². The first-order valence-electron chi connectivity index (χ1n) is 6.25. The largest absolute Gasteiger partial charge is 0.348 e. The average Bonchev–Trinajstić information content (AvgIpc) is 2.46. The van der Waals surface area contributed by atoms with Crippen molar-refractivity contribution >= 4 is 11.6 Å². The fourth-order valence-electron chi connectivity index (χ4n) is 1.83. The van der Waals surface area contributed by atoms with Crippen LogP contribution >= 0.6 is 0 Å². The standard InChI is InChI=1S/C15H13FN2O3/c1-10-2-4-11(5-3-10)9-17-15(19)13-8-12(16)6-7-14(13)18(20)21/h2-8H,9H2,1H3,(H,17,19). The molecule has 21 heavy (non-hydrogen) atoms. The van der Waals surface area contributed by atoms with E-state index >= 15 is 0 Å². The number of nitrogens with one attached hydrogen (secondary N) is 1. The topological polar surface area (TPSA) is 72.2 Å². The third-order valence-corrected chi connectivity index (χ3v) is 2.97. The zero-order valence-corrected chi connectivity index (χ0v) is 11.3. The van der Waals surface area contributed by atoms with Crippen molar-refractivity contribution in [1.29, 1.82) is 0 Å². The van der Waals surface area contributed by atoms with Crippen LogP contribution in [0.1, 0.15) is 21.5 Å². The first-order valence-corrected chi connectivity index (χ1v) is 6.25. The summed E-state index contributed by atoms with van der Waals surface area (Å²) in [5, 5.41) is 13.4. The van der Waals surface area contributed by atoms with Crippen LogP contribution in [0.25, 0.3) is 0 Å². The lowest BCUT2D eigenvalue weighted by Gasteiger charge is -2.06. The molecule has 0 saturated carbocycles. The highest BCUT2D eigenvalue weighted by molar-refractivity contribution is 5.98. The van der Waals surface area contributed by atoms with E-state index in [-0.39, 0.29) is 12.1 Å². The maximum Gasteiger partial charge on any atom is 0.282 e. The van der Waals surface area contributed by atoms with Gasteiger partial charge in [0.15, 0.2) is 0 Å². The van der Waals surface area contributed by atoms with E-state index in [1.807, 2.05) is 31.2 Å². The number of nitro groups is 1. The number of carbonyl (C=O) groups is 1.